The SMILES string of the molecule is C/C(O)=c1\c(=O)nc2cccc3c2=c1c1ccccc1c3=O. The Balaban J connectivity index is 2.70. The van der Waals surface area contributed by atoms with Crippen molar-refractivity contribution in [1.82, 2.24) is 4.98 Å². The Morgan fingerprint density at radius 2 is 1.59 bits per heavy atom. The van der Waals surface area contributed by atoms with Gasteiger partial charge in [0.1, 0.15) is 5.76 Å². The smallest absolute Gasteiger partial charge is 0.281 e. The van der Waals surface area contributed by atoms with E-state index >= 15 is 0 Å². The Morgan fingerprint density at radius 1 is 0.909 bits per heavy atom. The van der Waals surface area contributed by atoms with Crippen LogP contribution in [-0.2, 0) is 0 Å². The summed E-state index contributed by atoms with van der Waals surface area (Å²) >= 11 is 0. The molecule has 22 heavy (non-hydrogen) atoms. The molecule has 2 aliphatic rings. The lowest BCUT2D eigenvalue weighted by Gasteiger charge is -2.06. The molecule has 0 saturated carbocycles. The fourth-order valence-electron chi connectivity index (χ4n) is 3.13. The molecular weight excluding hydrogens is 278 g/mol. The number of hydrogen-bond acceptors (Lipinski definition) is 4. The van der Waals surface area contributed by atoms with E-state index in [9.17, 15) is 14.7 Å². The van der Waals surface area contributed by atoms with Gasteiger partial charge in [-0.15, -0.1) is 0 Å². The maximum Gasteiger partial charge on any atom is 0.281 e. The highest BCUT2D eigenvalue weighted by Gasteiger charge is 2.13. The highest BCUT2D eigenvalue weighted by Crippen LogP contribution is 2.17. The molecule has 0 saturated heterocycles. The Bertz CT molecular complexity index is 1270. The predicted molar refractivity (Wildman–Crippen MR) is 85.2 cm³/mol. The lowest BCUT2D eigenvalue weighted by atomic mass is 9.98. The van der Waals surface area contributed by atoms with Gasteiger partial charge in [-0.1, -0.05) is 36.4 Å². The average molecular weight is 289 g/mol. The molecule has 0 amide bonds. The van der Waals surface area contributed by atoms with E-state index < -0.39 is 5.56 Å². The molecule has 106 valence electrons. The Hall–Kier alpha value is -3.01. The summed E-state index contributed by atoms with van der Waals surface area (Å²) < 4.78 is 0. The summed E-state index contributed by atoms with van der Waals surface area (Å²) in [6.45, 7) is 1.46. The van der Waals surface area contributed by atoms with Gasteiger partial charge >= 0.3 is 0 Å². The van der Waals surface area contributed by atoms with Gasteiger partial charge in [-0.25, -0.2) is 4.98 Å². The van der Waals surface area contributed by atoms with E-state index in [0.717, 1.165) is 0 Å². The first kappa shape index (κ1) is 12.7. The quantitative estimate of drug-likeness (QED) is 0.535. The molecule has 2 aromatic rings. The zero-order valence-electron chi connectivity index (χ0n) is 11.8. The molecule has 0 spiro atoms. The molecule has 0 aromatic heterocycles. The van der Waals surface area contributed by atoms with E-state index in [-0.39, 0.29) is 16.4 Å². The van der Waals surface area contributed by atoms with E-state index in [1.54, 1.807) is 36.4 Å². The molecule has 4 rings (SSSR count). The van der Waals surface area contributed by atoms with Gasteiger partial charge in [-0.2, -0.15) is 0 Å². The number of nitrogens with zero attached hydrogens (tertiary/aromatic N) is 1. The number of aliphatic hydroxyl groups is 1. The molecule has 1 aliphatic heterocycles. The van der Waals surface area contributed by atoms with Crippen LogP contribution in [-0.4, -0.2) is 10.1 Å². The molecule has 0 bridgehead atoms. The second-order valence-electron chi connectivity index (χ2n) is 5.33. The molecule has 1 aliphatic carbocycles. The van der Waals surface area contributed by atoms with Gasteiger partial charge in [-0.3, -0.25) is 9.59 Å². The minimum atomic E-state index is -0.483. The first-order valence-corrected chi connectivity index (χ1v) is 6.90. The van der Waals surface area contributed by atoms with Crippen molar-refractivity contribution < 1.29 is 5.11 Å². The largest absolute Gasteiger partial charge is 0.512 e. The third kappa shape index (κ3) is 1.49. The van der Waals surface area contributed by atoms with E-state index in [4.69, 9.17) is 0 Å². The maximum atomic E-state index is 12.7. The monoisotopic (exact) mass is 289 g/mol. The van der Waals surface area contributed by atoms with E-state index in [1.165, 1.54) is 6.92 Å². The first-order chi connectivity index (χ1) is 10.6. The van der Waals surface area contributed by atoms with Crippen molar-refractivity contribution in [2.45, 2.75) is 6.92 Å². The third-order valence-corrected chi connectivity index (χ3v) is 4.03. The first-order valence-electron chi connectivity index (χ1n) is 6.90. The summed E-state index contributed by atoms with van der Waals surface area (Å²) in [5.74, 6) is -0.0895. The van der Waals surface area contributed by atoms with E-state index in [1.807, 2.05) is 6.07 Å². The second-order valence-corrected chi connectivity index (χ2v) is 5.33. The van der Waals surface area contributed by atoms with Crippen LogP contribution < -0.4 is 16.2 Å². The van der Waals surface area contributed by atoms with Gasteiger partial charge < -0.3 is 5.11 Å². The van der Waals surface area contributed by atoms with Crippen molar-refractivity contribution in [2.75, 3.05) is 0 Å². The molecule has 1 heterocycles. The lowest BCUT2D eigenvalue weighted by molar-refractivity contribution is 0.498. The predicted octanol–water partition coefficient (Wildman–Crippen LogP) is 1.68. The van der Waals surface area contributed by atoms with Crippen molar-refractivity contribution in [3.63, 3.8) is 0 Å². The van der Waals surface area contributed by atoms with Crippen molar-refractivity contribution >= 4 is 27.4 Å². The van der Waals surface area contributed by atoms with Crippen molar-refractivity contribution in [2.24, 2.45) is 0 Å². The van der Waals surface area contributed by atoms with Crippen LogP contribution >= 0.6 is 0 Å². The van der Waals surface area contributed by atoms with E-state index in [0.29, 0.717) is 32.1 Å². The fourth-order valence-corrected chi connectivity index (χ4v) is 3.13. The van der Waals surface area contributed by atoms with Gasteiger partial charge in [0, 0.05) is 21.2 Å². The topological polar surface area (TPSA) is 67.3 Å². The number of rotatable bonds is 0. The number of benzene rings is 2. The molecule has 0 radical (unpaired) electrons. The van der Waals surface area contributed by atoms with Crippen molar-refractivity contribution in [1.29, 1.82) is 0 Å². The molecule has 4 heteroatoms. The normalized spacial score (nSPS) is 13.1. The molecule has 0 unspecified atom stereocenters. The summed E-state index contributed by atoms with van der Waals surface area (Å²) in [5, 5.41) is 13.1. The zero-order chi connectivity index (χ0) is 15.4. The fraction of sp³-hybridized carbons (Fsp3) is 0.0556. The minimum Gasteiger partial charge on any atom is -0.512 e. The summed E-state index contributed by atoms with van der Waals surface area (Å²) in [6.07, 6.45) is 0. The Morgan fingerprint density at radius 3 is 2.32 bits per heavy atom. The average Bonchev–Trinajstić information content (AvgIpc) is 2.51. The zero-order valence-corrected chi connectivity index (χ0v) is 11.8. The summed E-state index contributed by atoms with van der Waals surface area (Å²) in [4.78, 5) is 29.0. The summed E-state index contributed by atoms with van der Waals surface area (Å²) in [6, 6.07) is 12.3. The van der Waals surface area contributed by atoms with Crippen LogP contribution in [0.15, 0.2) is 52.1 Å². The minimum absolute atomic E-state index is 0.0873. The number of aromatic nitrogens is 1. The van der Waals surface area contributed by atoms with Crippen LogP contribution in [0.25, 0.3) is 27.4 Å². The number of fused-ring (bicyclic) bond motifs is 2. The van der Waals surface area contributed by atoms with Crippen LogP contribution in [0.3, 0.4) is 0 Å². The van der Waals surface area contributed by atoms with Crippen LogP contribution in [0.2, 0.25) is 0 Å². The molecule has 0 atom stereocenters. The Labute approximate surface area is 124 Å². The third-order valence-electron chi connectivity index (χ3n) is 4.03. The molecule has 0 fully saturated rings. The van der Waals surface area contributed by atoms with Gasteiger partial charge in [-0.05, 0) is 18.4 Å². The summed E-state index contributed by atoms with van der Waals surface area (Å²) in [5.41, 5.74) is -0.0927. The molecular formula is C18H11NO3. The van der Waals surface area contributed by atoms with Crippen molar-refractivity contribution in [3.05, 3.63) is 78.7 Å². The van der Waals surface area contributed by atoms with Crippen LogP contribution in [0.5, 0.6) is 0 Å². The van der Waals surface area contributed by atoms with E-state index in [2.05, 4.69) is 4.98 Å². The second kappa shape index (κ2) is 4.24. The van der Waals surface area contributed by atoms with Gasteiger partial charge in [0.2, 0.25) is 0 Å². The van der Waals surface area contributed by atoms with Crippen molar-refractivity contribution in [3.8, 4) is 0 Å². The highest BCUT2D eigenvalue weighted by molar-refractivity contribution is 5.90. The van der Waals surface area contributed by atoms with Gasteiger partial charge in [0.25, 0.3) is 5.56 Å². The number of aliphatic hydroxyl groups excluding tert-OH is 1. The van der Waals surface area contributed by atoms with Crippen LogP contribution in [0.4, 0.5) is 0 Å². The standard InChI is InChI=1S/C18H11NO3/c1-9(20)14-16-10-5-2-3-6-11(10)17(21)12-7-4-8-13(15(12)16)19-18(14)22/h2-8,20H,1H3/b14-9+. The maximum absolute atomic E-state index is 12.7. The molecule has 4 nitrogen and oxygen atoms in total. The molecule has 2 aromatic carbocycles. The number of hydrogen-bond donors (Lipinski definition) is 1. The Kier molecular flexibility index (Phi) is 2.45. The molecule has 1 N–H and O–H groups in total. The highest BCUT2D eigenvalue weighted by atomic mass is 16.3. The van der Waals surface area contributed by atoms with Crippen LogP contribution in [0.1, 0.15) is 6.92 Å². The van der Waals surface area contributed by atoms with Gasteiger partial charge in [0.05, 0.1) is 10.7 Å². The lowest BCUT2D eigenvalue weighted by Crippen LogP contribution is -2.32. The summed E-state index contributed by atoms with van der Waals surface area (Å²) in [7, 11) is 0. The van der Waals surface area contributed by atoms with Gasteiger partial charge in [0.15, 0.2) is 5.43 Å². The van der Waals surface area contributed by atoms with Crippen LogP contribution in [0, 0.1) is 10.4 Å².